The van der Waals surface area contributed by atoms with Gasteiger partial charge < -0.3 is 25.4 Å². The Labute approximate surface area is 136 Å². The molecule has 0 bridgehead atoms. The fourth-order valence-corrected chi connectivity index (χ4v) is 2.34. The molecule has 3 atom stereocenters. The van der Waals surface area contributed by atoms with Crippen molar-refractivity contribution in [3.8, 4) is 0 Å². The lowest BCUT2D eigenvalue weighted by Gasteiger charge is -2.28. The zero-order valence-corrected chi connectivity index (χ0v) is 14.4. The van der Waals surface area contributed by atoms with Crippen molar-refractivity contribution < 1.29 is 24.2 Å². The Morgan fingerprint density at radius 3 is 2.48 bits per heavy atom. The summed E-state index contributed by atoms with van der Waals surface area (Å²) in [5.74, 6) is -1.02. The lowest BCUT2D eigenvalue weighted by atomic mass is 9.94. The van der Waals surface area contributed by atoms with E-state index in [0.717, 1.165) is 0 Å². The highest BCUT2D eigenvalue weighted by Gasteiger charge is 2.35. The molecule has 1 rings (SSSR count). The van der Waals surface area contributed by atoms with E-state index in [9.17, 15) is 19.5 Å². The number of hydrogen-bond donors (Lipinski definition) is 3. The molecular formula is C15H27N3O5. The van der Waals surface area contributed by atoms with Crippen LogP contribution in [0.5, 0.6) is 0 Å². The number of aliphatic hydroxyl groups is 1. The molecule has 0 radical (unpaired) electrons. The van der Waals surface area contributed by atoms with Gasteiger partial charge in [0.2, 0.25) is 5.91 Å². The van der Waals surface area contributed by atoms with E-state index in [-0.39, 0.29) is 18.2 Å². The molecule has 1 aliphatic heterocycles. The molecule has 3 N–H and O–H groups in total. The lowest BCUT2D eigenvalue weighted by Crippen LogP contribution is -2.52. The molecule has 8 heteroatoms. The predicted octanol–water partition coefficient (Wildman–Crippen LogP) is -0.145. The standard InChI is InChI=1S/C15H27N3O5/c1-15(2,3)23-14(22)17-10(11(19)13(21)18(4)5)8-9-6-7-16-12(9)20/h9-11,19H,6-8H2,1-5H3,(H,16,20)(H,17,22). The van der Waals surface area contributed by atoms with Crippen molar-refractivity contribution in [2.75, 3.05) is 20.6 Å². The van der Waals surface area contributed by atoms with E-state index in [1.54, 1.807) is 20.8 Å². The van der Waals surface area contributed by atoms with Crippen LogP contribution in [0.1, 0.15) is 33.6 Å². The van der Waals surface area contributed by atoms with E-state index in [4.69, 9.17) is 4.74 Å². The fourth-order valence-electron chi connectivity index (χ4n) is 2.34. The number of likely N-dealkylation sites (N-methyl/N-ethyl adjacent to an activating group) is 1. The second-order valence-corrected chi connectivity index (χ2v) is 6.94. The Hall–Kier alpha value is -1.83. The van der Waals surface area contributed by atoms with Crippen LogP contribution >= 0.6 is 0 Å². The highest BCUT2D eigenvalue weighted by atomic mass is 16.6. The molecule has 0 aromatic rings. The molecule has 0 aromatic heterocycles. The number of alkyl carbamates (subject to hydrolysis) is 1. The average Bonchev–Trinajstić information content (AvgIpc) is 2.79. The number of carbonyl (C=O) groups is 3. The second-order valence-electron chi connectivity index (χ2n) is 6.94. The fraction of sp³-hybridized carbons (Fsp3) is 0.800. The van der Waals surface area contributed by atoms with Crippen LogP contribution in [-0.4, -0.2) is 66.3 Å². The molecule has 3 unspecified atom stereocenters. The number of amides is 3. The van der Waals surface area contributed by atoms with Crippen LogP contribution in [0.3, 0.4) is 0 Å². The minimum Gasteiger partial charge on any atom is -0.444 e. The Kier molecular flexibility index (Phi) is 6.37. The summed E-state index contributed by atoms with van der Waals surface area (Å²) in [6, 6.07) is -0.895. The topological polar surface area (TPSA) is 108 Å². The van der Waals surface area contributed by atoms with Gasteiger partial charge in [0.15, 0.2) is 6.10 Å². The first-order valence-electron chi connectivity index (χ1n) is 7.67. The molecule has 1 aliphatic rings. The van der Waals surface area contributed by atoms with Gasteiger partial charge in [-0.2, -0.15) is 0 Å². The second kappa shape index (κ2) is 7.63. The van der Waals surface area contributed by atoms with E-state index >= 15 is 0 Å². The Morgan fingerprint density at radius 2 is 2.04 bits per heavy atom. The third-order valence-corrected chi connectivity index (χ3v) is 3.48. The van der Waals surface area contributed by atoms with Gasteiger partial charge in [0.25, 0.3) is 5.91 Å². The smallest absolute Gasteiger partial charge is 0.407 e. The summed E-state index contributed by atoms with van der Waals surface area (Å²) < 4.78 is 5.16. The number of nitrogens with zero attached hydrogens (tertiary/aromatic N) is 1. The van der Waals surface area contributed by atoms with Gasteiger partial charge in [0.1, 0.15) is 5.60 Å². The summed E-state index contributed by atoms with van der Waals surface area (Å²) in [5.41, 5.74) is -0.699. The van der Waals surface area contributed by atoms with E-state index in [1.807, 2.05) is 0 Å². The summed E-state index contributed by atoms with van der Waals surface area (Å²) in [4.78, 5) is 36.9. The van der Waals surface area contributed by atoms with Gasteiger partial charge in [0.05, 0.1) is 6.04 Å². The largest absolute Gasteiger partial charge is 0.444 e. The summed E-state index contributed by atoms with van der Waals surface area (Å²) in [6.07, 6.45) is -1.39. The Balaban J connectivity index is 2.80. The van der Waals surface area contributed by atoms with Gasteiger partial charge in [-0.05, 0) is 33.6 Å². The van der Waals surface area contributed by atoms with Gasteiger partial charge >= 0.3 is 6.09 Å². The van der Waals surface area contributed by atoms with Crippen LogP contribution in [0.2, 0.25) is 0 Å². The number of ether oxygens (including phenoxy) is 1. The zero-order chi connectivity index (χ0) is 17.8. The Bertz CT molecular complexity index is 459. The number of hydrogen-bond acceptors (Lipinski definition) is 5. The molecule has 132 valence electrons. The number of aliphatic hydroxyl groups excluding tert-OH is 1. The summed E-state index contributed by atoms with van der Waals surface area (Å²) >= 11 is 0. The molecule has 1 fully saturated rings. The number of carbonyl (C=O) groups excluding carboxylic acids is 3. The van der Waals surface area contributed by atoms with Crippen molar-refractivity contribution in [2.45, 2.75) is 51.4 Å². The SMILES string of the molecule is CN(C)C(=O)C(O)C(CC1CCNC1=O)NC(=O)OC(C)(C)C. The van der Waals surface area contributed by atoms with Crippen LogP contribution < -0.4 is 10.6 Å². The molecule has 1 heterocycles. The monoisotopic (exact) mass is 329 g/mol. The highest BCUT2D eigenvalue weighted by molar-refractivity contribution is 5.83. The quantitative estimate of drug-likeness (QED) is 0.650. The molecule has 23 heavy (non-hydrogen) atoms. The van der Waals surface area contributed by atoms with Gasteiger partial charge in [-0.25, -0.2) is 4.79 Å². The molecular weight excluding hydrogens is 302 g/mol. The molecule has 0 spiro atoms. The van der Waals surface area contributed by atoms with Crippen molar-refractivity contribution in [3.05, 3.63) is 0 Å². The van der Waals surface area contributed by atoms with Crippen molar-refractivity contribution >= 4 is 17.9 Å². The van der Waals surface area contributed by atoms with Crippen LogP contribution in [0.4, 0.5) is 4.79 Å². The molecule has 3 amide bonds. The van der Waals surface area contributed by atoms with Gasteiger partial charge in [-0.15, -0.1) is 0 Å². The third-order valence-electron chi connectivity index (χ3n) is 3.48. The van der Waals surface area contributed by atoms with Crippen molar-refractivity contribution in [2.24, 2.45) is 5.92 Å². The molecule has 0 aliphatic carbocycles. The van der Waals surface area contributed by atoms with Crippen molar-refractivity contribution in [1.82, 2.24) is 15.5 Å². The maximum atomic E-state index is 12.0. The highest BCUT2D eigenvalue weighted by Crippen LogP contribution is 2.19. The van der Waals surface area contributed by atoms with Crippen LogP contribution in [0.25, 0.3) is 0 Å². The maximum Gasteiger partial charge on any atom is 0.407 e. The van der Waals surface area contributed by atoms with Crippen LogP contribution in [-0.2, 0) is 14.3 Å². The van der Waals surface area contributed by atoms with Crippen molar-refractivity contribution in [1.29, 1.82) is 0 Å². The molecule has 0 aromatic carbocycles. The minimum atomic E-state index is -1.44. The first-order valence-corrected chi connectivity index (χ1v) is 7.67. The lowest BCUT2D eigenvalue weighted by molar-refractivity contribution is -0.139. The van der Waals surface area contributed by atoms with E-state index in [0.29, 0.717) is 13.0 Å². The summed E-state index contributed by atoms with van der Waals surface area (Å²) in [5, 5.41) is 15.5. The number of nitrogens with one attached hydrogen (secondary N) is 2. The summed E-state index contributed by atoms with van der Waals surface area (Å²) in [6.45, 7) is 5.70. The molecule has 1 saturated heterocycles. The number of rotatable bonds is 5. The first-order chi connectivity index (χ1) is 10.5. The summed E-state index contributed by atoms with van der Waals surface area (Å²) in [7, 11) is 3.02. The zero-order valence-electron chi connectivity index (χ0n) is 14.4. The van der Waals surface area contributed by atoms with Crippen LogP contribution in [0.15, 0.2) is 0 Å². The average molecular weight is 329 g/mol. The third kappa shape index (κ3) is 6.05. The van der Waals surface area contributed by atoms with Gasteiger partial charge in [-0.1, -0.05) is 0 Å². The molecule has 8 nitrogen and oxygen atoms in total. The maximum absolute atomic E-state index is 12.0. The van der Waals surface area contributed by atoms with Crippen LogP contribution in [0, 0.1) is 5.92 Å². The van der Waals surface area contributed by atoms with Gasteiger partial charge in [0, 0.05) is 26.6 Å². The van der Waals surface area contributed by atoms with E-state index in [2.05, 4.69) is 10.6 Å². The molecule has 0 saturated carbocycles. The van der Waals surface area contributed by atoms with E-state index in [1.165, 1.54) is 19.0 Å². The normalized spacial score (nSPS) is 20.4. The van der Waals surface area contributed by atoms with Gasteiger partial charge in [-0.3, -0.25) is 9.59 Å². The minimum absolute atomic E-state index is 0.134. The van der Waals surface area contributed by atoms with E-state index < -0.39 is 29.7 Å². The first kappa shape index (κ1) is 19.2. The van der Waals surface area contributed by atoms with Crippen molar-refractivity contribution in [3.63, 3.8) is 0 Å². The predicted molar refractivity (Wildman–Crippen MR) is 83.6 cm³/mol. The Morgan fingerprint density at radius 1 is 1.43 bits per heavy atom.